The van der Waals surface area contributed by atoms with E-state index in [4.69, 9.17) is 5.73 Å². The van der Waals surface area contributed by atoms with Crippen LogP contribution < -0.4 is 11.1 Å². The van der Waals surface area contributed by atoms with Gasteiger partial charge in [0.15, 0.2) is 11.5 Å². The maximum absolute atomic E-state index is 13.7. The van der Waals surface area contributed by atoms with E-state index in [1.54, 1.807) is 0 Å². The smallest absolute Gasteiger partial charge is 0.273 e. The Morgan fingerprint density at radius 3 is 2.67 bits per heavy atom. The molecule has 4 aliphatic carbocycles. The Morgan fingerprint density at radius 2 is 2.05 bits per heavy atom. The number of carbonyl (C=O) groups is 1. The molecule has 1 heterocycles. The van der Waals surface area contributed by atoms with Crippen LogP contribution in [0.2, 0.25) is 0 Å². The maximum Gasteiger partial charge on any atom is 0.273 e. The van der Waals surface area contributed by atoms with Crippen molar-refractivity contribution in [2.75, 3.05) is 0 Å². The molecule has 2 atom stereocenters. The lowest BCUT2D eigenvalue weighted by atomic mass is 9.50. The average molecular weight is 289 g/mol. The molecule has 4 aliphatic rings. The normalized spacial score (nSPS) is 40.3. The monoisotopic (exact) mass is 289 g/mol. The van der Waals surface area contributed by atoms with Gasteiger partial charge in [-0.3, -0.25) is 4.79 Å². The van der Waals surface area contributed by atoms with Crippen LogP contribution in [0.1, 0.15) is 49.0 Å². The summed E-state index contributed by atoms with van der Waals surface area (Å²) in [4.78, 5) is 16.3. The molecule has 1 amide bonds. The minimum atomic E-state index is -0.567. The van der Waals surface area contributed by atoms with Crippen molar-refractivity contribution in [3.05, 3.63) is 29.8 Å². The summed E-state index contributed by atoms with van der Waals surface area (Å²) in [5.74, 6) is 0.232. The van der Waals surface area contributed by atoms with E-state index < -0.39 is 11.7 Å². The third-order valence-corrected chi connectivity index (χ3v) is 5.46. The van der Waals surface area contributed by atoms with Crippen LogP contribution in [0.25, 0.3) is 0 Å². The van der Waals surface area contributed by atoms with E-state index in [2.05, 4.69) is 10.3 Å². The highest BCUT2D eigenvalue weighted by Crippen LogP contribution is 2.56. The highest BCUT2D eigenvalue weighted by atomic mass is 19.1. The van der Waals surface area contributed by atoms with Gasteiger partial charge in [0.25, 0.3) is 5.91 Å². The van der Waals surface area contributed by atoms with Crippen molar-refractivity contribution in [2.45, 2.75) is 49.6 Å². The van der Waals surface area contributed by atoms with Crippen LogP contribution in [0.15, 0.2) is 18.3 Å². The van der Waals surface area contributed by atoms with Crippen LogP contribution in [0.4, 0.5) is 4.39 Å². The highest BCUT2D eigenvalue weighted by Gasteiger charge is 2.56. The number of nitrogens with two attached hydrogens (primary N) is 1. The molecule has 0 spiro atoms. The minimum Gasteiger partial charge on any atom is -0.345 e. The van der Waals surface area contributed by atoms with Crippen LogP contribution in [0.3, 0.4) is 0 Å². The molecule has 0 aromatic carbocycles. The fourth-order valence-electron chi connectivity index (χ4n) is 5.33. The average Bonchev–Trinajstić information content (AvgIpc) is 2.35. The van der Waals surface area contributed by atoms with E-state index in [9.17, 15) is 9.18 Å². The first kappa shape index (κ1) is 13.2. The van der Waals surface area contributed by atoms with E-state index >= 15 is 0 Å². The van der Waals surface area contributed by atoms with Crippen molar-refractivity contribution in [2.24, 2.45) is 17.6 Å². The molecule has 1 aromatic rings. The molecule has 5 heteroatoms. The molecule has 5 rings (SSSR count). The van der Waals surface area contributed by atoms with Crippen LogP contribution in [0, 0.1) is 17.7 Å². The van der Waals surface area contributed by atoms with Crippen LogP contribution in [0.5, 0.6) is 0 Å². The molecular weight excluding hydrogens is 269 g/mol. The zero-order valence-electron chi connectivity index (χ0n) is 11.9. The first-order valence-corrected chi connectivity index (χ1v) is 7.69. The second-order valence-corrected chi connectivity index (χ2v) is 7.39. The summed E-state index contributed by atoms with van der Waals surface area (Å²) in [6, 6.07) is 2.76. The lowest BCUT2D eigenvalue weighted by Crippen LogP contribution is -2.68. The molecule has 21 heavy (non-hydrogen) atoms. The molecule has 1 aromatic heterocycles. The van der Waals surface area contributed by atoms with E-state index in [0.29, 0.717) is 11.8 Å². The molecule has 4 fully saturated rings. The van der Waals surface area contributed by atoms with Gasteiger partial charge in [-0.15, -0.1) is 0 Å². The summed E-state index contributed by atoms with van der Waals surface area (Å²) in [6.45, 7) is 0. The van der Waals surface area contributed by atoms with Crippen molar-refractivity contribution >= 4 is 5.91 Å². The summed E-state index contributed by atoms with van der Waals surface area (Å²) >= 11 is 0. The first-order valence-electron chi connectivity index (χ1n) is 7.69. The Labute approximate surface area is 123 Å². The number of hydrogen-bond acceptors (Lipinski definition) is 3. The van der Waals surface area contributed by atoms with Gasteiger partial charge in [0.05, 0.1) is 0 Å². The summed E-state index contributed by atoms with van der Waals surface area (Å²) in [6.07, 6.45) is 7.58. The number of halogens is 1. The van der Waals surface area contributed by atoms with Gasteiger partial charge < -0.3 is 11.1 Å². The van der Waals surface area contributed by atoms with Gasteiger partial charge in [0, 0.05) is 17.3 Å². The quantitative estimate of drug-likeness (QED) is 0.875. The molecule has 0 aliphatic heterocycles. The molecule has 3 N–H and O–H groups in total. The Balaban J connectivity index is 1.60. The molecule has 4 bridgehead atoms. The molecular formula is C16H20FN3O. The van der Waals surface area contributed by atoms with E-state index in [1.165, 1.54) is 24.8 Å². The molecule has 0 saturated heterocycles. The maximum atomic E-state index is 13.7. The van der Waals surface area contributed by atoms with Crippen molar-refractivity contribution in [3.8, 4) is 0 Å². The number of amides is 1. The predicted octanol–water partition coefficient (Wildman–Crippen LogP) is 2.00. The fraction of sp³-hybridized carbons (Fsp3) is 0.625. The lowest BCUT2D eigenvalue weighted by Gasteiger charge is -2.61. The summed E-state index contributed by atoms with van der Waals surface area (Å²) in [7, 11) is 0. The number of hydrogen-bond donors (Lipinski definition) is 2. The Kier molecular flexibility index (Phi) is 2.67. The summed E-state index contributed by atoms with van der Waals surface area (Å²) < 4.78 is 13.7. The first-order chi connectivity index (χ1) is 9.97. The van der Waals surface area contributed by atoms with E-state index in [-0.39, 0.29) is 16.8 Å². The summed E-state index contributed by atoms with van der Waals surface area (Å²) in [5.41, 5.74) is 6.01. The molecule has 4 nitrogen and oxygen atoms in total. The molecule has 112 valence electrons. The van der Waals surface area contributed by atoms with Crippen molar-refractivity contribution in [1.29, 1.82) is 0 Å². The molecule has 2 unspecified atom stereocenters. The number of carbonyl (C=O) groups excluding carboxylic acids is 1. The van der Waals surface area contributed by atoms with Crippen LogP contribution >= 0.6 is 0 Å². The third-order valence-electron chi connectivity index (χ3n) is 5.46. The Morgan fingerprint density at radius 1 is 1.33 bits per heavy atom. The van der Waals surface area contributed by atoms with Crippen LogP contribution in [-0.2, 0) is 0 Å². The topological polar surface area (TPSA) is 68.0 Å². The molecule has 0 radical (unpaired) electrons. The number of pyridine rings is 1. The van der Waals surface area contributed by atoms with E-state index in [0.717, 1.165) is 32.1 Å². The van der Waals surface area contributed by atoms with E-state index in [1.807, 2.05) is 0 Å². The second-order valence-electron chi connectivity index (χ2n) is 7.39. The largest absolute Gasteiger partial charge is 0.345 e. The van der Waals surface area contributed by atoms with Gasteiger partial charge in [-0.25, -0.2) is 9.37 Å². The number of rotatable bonds is 2. The number of aromatic nitrogens is 1. The van der Waals surface area contributed by atoms with Gasteiger partial charge in [0.2, 0.25) is 0 Å². The Bertz CT molecular complexity index is 589. The zero-order valence-corrected chi connectivity index (χ0v) is 11.9. The predicted molar refractivity (Wildman–Crippen MR) is 76.0 cm³/mol. The SMILES string of the molecule is NC12CC3CC(C1)CC(NC(=O)c1ncccc1F)(C3)C2. The van der Waals surface area contributed by atoms with Crippen LogP contribution in [-0.4, -0.2) is 22.0 Å². The van der Waals surface area contributed by atoms with Gasteiger partial charge in [-0.1, -0.05) is 0 Å². The van der Waals surface area contributed by atoms with Gasteiger partial charge in [-0.2, -0.15) is 0 Å². The standard InChI is InChI=1S/C16H20FN3O/c17-12-2-1-3-19-13(12)14(21)20-16-7-10-4-11(8-16)6-15(18,5-10)9-16/h1-3,10-11H,4-9,18H2,(H,20,21). The Hall–Kier alpha value is -1.49. The number of nitrogens with one attached hydrogen (secondary N) is 1. The molecule has 4 saturated carbocycles. The van der Waals surface area contributed by atoms with Crippen molar-refractivity contribution < 1.29 is 9.18 Å². The van der Waals surface area contributed by atoms with Gasteiger partial charge in [-0.05, 0) is 62.5 Å². The number of nitrogens with zero attached hydrogens (tertiary/aromatic N) is 1. The third kappa shape index (κ3) is 2.14. The lowest BCUT2D eigenvalue weighted by molar-refractivity contribution is -0.0322. The fourth-order valence-corrected chi connectivity index (χ4v) is 5.33. The second kappa shape index (κ2) is 4.26. The highest BCUT2D eigenvalue weighted by molar-refractivity contribution is 5.93. The van der Waals surface area contributed by atoms with Gasteiger partial charge in [0.1, 0.15) is 0 Å². The van der Waals surface area contributed by atoms with Gasteiger partial charge >= 0.3 is 0 Å². The minimum absolute atomic E-state index is 0.112. The zero-order chi connectivity index (χ0) is 14.7. The van der Waals surface area contributed by atoms with Crippen molar-refractivity contribution in [1.82, 2.24) is 10.3 Å². The van der Waals surface area contributed by atoms with Crippen molar-refractivity contribution in [3.63, 3.8) is 0 Å². The summed E-state index contributed by atoms with van der Waals surface area (Å²) in [5, 5.41) is 3.09.